The molecule has 45 heavy (non-hydrogen) atoms. The summed E-state index contributed by atoms with van der Waals surface area (Å²) in [7, 11) is 1.65. The van der Waals surface area contributed by atoms with Gasteiger partial charge in [0, 0.05) is 37.5 Å². The van der Waals surface area contributed by atoms with E-state index in [1.807, 2.05) is 110 Å². The number of anilines is 1. The molecule has 2 aromatic heterocycles. The lowest BCUT2D eigenvalue weighted by molar-refractivity contribution is 0.0293. The molecule has 5 aromatic rings. The molecule has 1 amide bonds. The molecule has 0 unspecified atom stereocenters. The lowest BCUT2D eigenvalue weighted by atomic mass is 10.2. The van der Waals surface area contributed by atoms with Crippen molar-refractivity contribution in [2.75, 3.05) is 25.5 Å². The SMILES string of the molecule is COc1ccc(Cn2nc(N[C@@H]3CCN(C(=O)OC(C)(C)C)C3)c3c(Oc4cccc(Oc5ccccc5)c4)ccnc32)cc1. The molecule has 1 saturated heterocycles. The van der Waals surface area contributed by atoms with Crippen molar-refractivity contribution in [1.29, 1.82) is 0 Å². The van der Waals surface area contributed by atoms with Gasteiger partial charge in [-0.2, -0.15) is 5.10 Å². The van der Waals surface area contributed by atoms with Crippen LogP contribution in [0.3, 0.4) is 0 Å². The van der Waals surface area contributed by atoms with Gasteiger partial charge in [-0.25, -0.2) is 14.5 Å². The highest BCUT2D eigenvalue weighted by Gasteiger charge is 2.31. The zero-order valence-corrected chi connectivity index (χ0v) is 25.9. The number of pyridine rings is 1. The smallest absolute Gasteiger partial charge is 0.410 e. The van der Waals surface area contributed by atoms with Crippen LogP contribution in [0.25, 0.3) is 11.0 Å². The zero-order chi connectivity index (χ0) is 31.4. The number of ether oxygens (including phenoxy) is 4. The maximum absolute atomic E-state index is 12.7. The summed E-state index contributed by atoms with van der Waals surface area (Å²) in [5, 5.41) is 9.29. The van der Waals surface area contributed by atoms with E-state index in [1.54, 1.807) is 18.2 Å². The minimum atomic E-state index is -0.555. The summed E-state index contributed by atoms with van der Waals surface area (Å²) < 4.78 is 25.3. The molecule has 1 aliphatic rings. The van der Waals surface area contributed by atoms with E-state index in [0.29, 0.717) is 48.3 Å². The zero-order valence-electron chi connectivity index (χ0n) is 25.9. The van der Waals surface area contributed by atoms with Gasteiger partial charge in [-0.15, -0.1) is 0 Å². The first-order valence-electron chi connectivity index (χ1n) is 15.0. The first-order valence-corrected chi connectivity index (χ1v) is 15.0. The summed E-state index contributed by atoms with van der Waals surface area (Å²) in [4.78, 5) is 19.2. The summed E-state index contributed by atoms with van der Waals surface area (Å²) in [5.74, 6) is 4.03. The van der Waals surface area contributed by atoms with Crippen molar-refractivity contribution in [2.45, 2.75) is 45.4 Å². The van der Waals surface area contributed by atoms with Crippen molar-refractivity contribution in [2.24, 2.45) is 0 Å². The van der Waals surface area contributed by atoms with Gasteiger partial charge in [0.1, 0.15) is 39.7 Å². The number of carbonyl (C=O) groups is 1. The molecular weight excluding hydrogens is 570 g/mol. The van der Waals surface area contributed by atoms with Crippen LogP contribution in [0.1, 0.15) is 32.8 Å². The van der Waals surface area contributed by atoms with Gasteiger partial charge in [0.05, 0.1) is 13.7 Å². The van der Waals surface area contributed by atoms with E-state index in [-0.39, 0.29) is 12.1 Å². The molecule has 3 aromatic carbocycles. The van der Waals surface area contributed by atoms with E-state index in [1.165, 1.54) is 0 Å². The average Bonchev–Trinajstić information content (AvgIpc) is 3.63. The fourth-order valence-electron chi connectivity index (χ4n) is 5.19. The number of carbonyl (C=O) groups excluding carboxylic acids is 1. The number of aromatic nitrogens is 3. The van der Waals surface area contributed by atoms with Gasteiger partial charge in [-0.3, -0.25) is 0 Å². The predicted octanol–water partition coefficient (Wildman–Crippen LogP) is 7.49. The Balaban J connectivity index is 1.30. The molecule has 0 aliphatic carbocycles. The third-order valence-electron chi connectivity index (χ3n) is 7.28. The van der Waals surface area contributed by atoms with Crippen LogP contribution in [-0.2, 0) is 11.3 Å². The van der Waals surface area contributed by atoms with Crippen LogP contribution in [0.2, 0.25) is 0 Å². The molecule has 1 fully saturated rings. The number of hydrogen-bond acceptors (Lipinski definition) is 8. The van der Waals surface area contributed by atoms with Gasteiger partial charge in [0.25, 0.3) is 0 Å². The normalized spacial score (nSPS) is 14.8. The number of rotatable bonds is 9. The second-order valence-electron chi connectivity index (χ2n) is 11.9. The fourth-order valence-corrected chi connectivity index (χ4v) is 5.19. The second-order valence-corrected chi connectivity index (χ2v) is 11.9. The lowest BCUT2D eigenvalue weighted by Crippen LogP contribution is -2.36. The van der Waals surface area contributed by atoms with Crippen LogP contribution in [-0.4, -0.2) is 57.6 Å². The van der Waals surface area contributed by atoms with Crippen LogP contribution >= 0.6 is 0 Å². The minimum absolute atomic E-state index is 0.0271. The monoisotopic (exact) mass is 607 g/mol. The molecule has 1 atom stereocenters. The molecular formula is C35H37N5O5. The first-order chi connectivity index (χ1) is 21.7. The Kier molecular flexibility index (Phi) is 8.46. The standard InChI is InChI=1S/C35H37N5O5/c1-35(2,3)45-34(41)39-20-18-25(23-39)37-32-31-30(44-29-12-8-11-28(21-29)43-27-9-6-5-7-10-27)17-19-36-33(31)40(38-32)22-24-13-15-26(42-4)16-14-24/h5-17,19,21,25H,18,20,22-23H2,1-4H3,(H,37,38)/t25-/m1/s1. The van der Waals surface area contributed by atoms with Gasteiger partial charge >= 0.3 is 6.09 Å². The summed E-state index contributed by atoms with van der Waals surface area (Å²) >= 11 is 0. The van der Waals surface area contributed by atoms with Gasteiger partial charge < -0.3 is 29.2 Å². The quantitative estimate of drug-likeness (QED) is 0.184. The number of likely N-dealkylation sites (tertiary alicyclic amines) is 1. The van der Waals surface area contributed by atoms with E-state index >= 15 is 0 Å². The van der Waals surface area contributed by atoms with E-state index in [4.69, 9.17) is 29.0 Å². The number of nitrogens with zero attached hydrogens (tertiary/aromatic N) is 4. The van der Waals surface area contributed by atoms with E-state index in [9.17, 15) is 4.79 Å². The predicted molar refractivity (Wildman–Crippen MR) is 172 cm³/mol. The average molecular weight is 608 g/mol. The Morgan fingerprint density at radius 2 is 1.64 bits per heavy atom. The van der Waals surface area contributed by atoms with Crippen molar-refractivity contribution in [3.63, 3.8) is 0 Å². The summed E-state index contributed by atoms with van der Waals surface area (Å²) in [6.45, 7) is 7.20. The Morgan fingerprint density at radius 3 is 2.38 bits per heavy atom. The summed E-state index contributed by atoms with van der Waals surface area (Å²) in [6.07, 6.45) is 2.16. The van der Waals surface area contributed by atoms with E-state index in [2.05, 4.69) is 5.32 Å². The lowest BCUT2D eigenvalue weighted by Gasteiger charge is -2.24. The third-order valence-corrected chi connectivity index (χ3v) is 7.28. The molecule has 0 spiro atoms. The minimum Gasteiger partial charge on any atom is -0.497 e. The largest absolute Gasteiger partial charge is 0.497 e. The van der Waals surface area contributed by atoms with Crippen molar-refractivity contribution in [3.8, 4) is 28.7 Å². The summed E-state index contributed by atoms with van der Waals surface area (Å²) in [6, 6.07) is 26.8. The van der Waals surface area contributed by atoms with Gasteiger partial charge in [-0.05, 0) is 69.2 Å². The molecule has 232 valence electrons. The molecule has 10 nitrogen and oxygen atoms in total. The fraction of sp³-hybridized carbons (Fsp3) is 0.286. The second kappa shape index (κ2) is 12.8. The number of para-hydroxylation sites is 1. The van der Waals surface area contributed by atoms with Crippen LogP contribution in [0, 0.1) is 0 Å². The maximum Gasteiger partial charge on any atom is 0.410 e. The van der Waals surface area contributed by atoms with Gasteiger partial charge in [-0.1, -0.05) is 36.4 Å². The molecule has 6 rings (SSSR count). The number of fused-ring (bicyclic) bond motifs is 1. The van der Waals surface area contributed by atoms with Crippen molar-refractivity contribution in [1.82, 2.24) is 19.7 Å². The first kappa shape index (κ1) is 29.8. The van der Waals surface area contributed by atoms with Crippen molar-refractivity contribution >= 4 is 22.9 Å². The Bertz CT molecular complexity index is 1770. The Hall–Kier alpha value is -5.25. The van der Waals surface area contributed by atoms with Crippen LogP contribution in [0.15, 0.2) is 91.1 Å². The topological polar surface area (TPSA) is 100.0 Å². The van der Waals surface area contributed by atoms with Crippen molar-refractivity contribution < 1.29 is 23.7 Å². The van der Waals surface area contributed by atoms with Crippen molar-refractivity contribution in [3.05, 3.63) is 96.7 Å². The van der Waals surface area contributed by atoms with Crippen LogP contribution in [0.4, 0.5) is 10.6 Å². The number of methoxy groups -OCH3 is 1. The Morgan fingerprint density at radius 1 is 0.911 bits per heavy atom. The molecule has 0 radical (unpaired) electrons. The van der Waals surface area contributed by atoms with E-state index < -0.39 is 5.60 Å². The highest BCUT2D eigenvalue weighted by atomic mass is 16.6. The molecule has 10 heteroatoms. The van der Waals surface area contributed by atoms with Gasteiger partial charge in [0.15, 0.2) is 11.5 Å². The highest BCUT2D eigenvalue weighted by Crippen LogP contribution is 2.36. The highest BCUT2D eigenvalue weighted by molar-refractivity contribution is 5.93. The summed E-state index contributed by atoms with van der Waals surface area (Å²) in [5.41, 5.74) is 1.16. The molecule has 1 N–H and O–H groups in total. The van der Waals surface area contributed by atoms with Crippen LogP contribution in [0.5, 0.6) is 28.7 Å². The third kappa shape index (κ3) is 7.29. The molecule has 0 bridgehead atoms. The molecule has 1 aliphatic heterocycles. The molecule has 0 saturated carbocycles. The Labute approximate surface area is 262 Å². The maximum atomic E-state index is 12.7. The number of amides is 1. The van der Waals surface area contributed by atoms with Gasteiger partial charge in [0.2, 0.25) is 0 Å². The number of benzene rings is 3. The van der Waals surface area contributed by atoms with Crippen LogP contribution < -0.4 is 19.5 Å². The molecule has 3 heterocycles. The number of hydrogen-bond donors (Lipinski definition) is 1. The van der Waals surface area contributed by atoms with E-state index in [0.717, 1.165) is 28.9 Å². The number of nitrogens with one attached hydrogen (secondary N) is 1.